The number of aromatic nitrogens is 1. The molecule has 4 nitrogen and oxygen atoms in total. The van der Waals surface area contributed by atoms with Crippen molar-refractivity contribution in [2.75, 3.05) is 0 Å². The largest absolute Gasteiger partial charge is 0.489 e. The summed E-state index contributed by atoms with van der Waals surface area (Å²) in [5, 5.41) is 1.43. The Kier molecular flexibility index (Phi) is 6.27. The summed E-state index contributed by atoms with van der Waals surface area (Å²) < 4.78 is 12.0. The van der Waals surface area contributed by atoms with E-state index >= 15 is 0 Å². The Morgan fingerprint density at radius 2 is 1.79 bits per heavy atom. The number of halogens is 1. The molecule has 166 valence electrons. The highest BCUT2D eigenvalue weighted by atomic mass is 35.5. The second-order valence-electron chi connectivity index (χ2n) is 8.48. The number of hydrogen-bond acceptors (Lipinski definition) is 4. The van der Waals surface area contributed by atoms with Crippen LogP contribution in [0.1, 0.15) is 30.4 Å². The van der Waals surface area contributed by atoms with Crippen molar-refractivity contribution in [2.24, 2.45) is 5.92 Å². The van der Waals surface area contributed by atoms with Crippen LogP contribution in [0.5, 0.6) is 17.2 Å². The summed E-state index contributed by atoms with van der Waals surface area (Å²) >= 11 is 6.46. The molecule has 5 heteroatoms. The maximum atomic E-state index is 12.2. The molecule has 1 aromatic heterocycles. The first-order valence-corrected chi connectivity index (χ1v) is 11.6. The maximum Gasteiger partial charge on any atom is 0.138 e. The maximum absolute atomic E-state index is 12.2. The molecule has 0 unspecified atom stereocenters. The van der Waals surface area contributed by atoms with Crippen LogP contribution in [0, 0.1) is 5.92 Å². The molecule has 1 aliphatic rings. The molecular formula is C28H24ClNO3. The zero-order valence-corrected chi connectivity index (χ0v) is 18.9. The summed E-state index contributed by atoms with van der Waals surface area (Å²) in [5.41, 5.74) is 2.73. The molecule has 1 fully saturated rings. The molecule has 0 bridgehead atoms. The summed E-state index contributed by atoms with van der Waals surface area (Å²) in [6.45, 7) is 0.497. The smallest absolute Gasteiger partial charge is 0.138 e. The second kappa shape index (κ2) is 9.63. The van der Waals surface area contributed by atoms with E-state index in [9.17, 15) is 4.79 Å². The molecule has 0 spiro atoms. The Balaban J connectivity index is 1.29. The van der Waals surface area contributed by atoms with Gasteiger partial charge in [0.05, 0.1) is 5.52 Å². The Morgan fingerprint density at radius 3 is 2.58 bits per heavy atom. The molecule has 0 aliphatic heterocycles. The van der Waals surface area contributed by atoms with Crippen LogP contribution >= 0.6 is 11.6 Å². The highest BCUT2D eigenvalue weighted by Gasteiger charge is 2.24. The molecule has 3 aromatic carbocycles. The minimum Gasteiger partial charge on any atom is -0.489 e. The Labute approximate surface area is 198 Å². The van der Waals surface area contributed by atoms with Gasteiger partial charge in [-0.15, -0.1) is 0 Å². The Morgan fingerprint density at radius 1 is 0.970 bits per heavy atom. The first-order chi connectivity index (χ1) is 16.1. The monoisotopic (exact) mass is 457 g/mol. The molecule has 5 rings (SSSR count). The first-order valence-electron chi connectivity index (χ1n) is 11.2. The number of fused-ring (bicyclic) bond motifs is 1. The van der Waals surface area contributed by atoms with Gasteiger partial charge in [-0.3, -0.25) is 9.78 Å². The van der Waals surface area contributed by atoms with Gasteiger partial charge in [0.25, 0.3) is 0 Å². The average molecular weight is 458 g/mol. The fraction of sp³-hybridized carbons (Fsp3) is 0.214. The zero-order valence-electron chi connectivity index (χ0n) is 18.2. The van der Waals surface area contributed by atoms with Gasteiger partial charge in [0.1, 0.15) is 29.6 Å². The lowest BCUT2D eigenvalue weighted by Gasteiger charge is -2.12. The van der Waals surface area contributed by atoms with E-state index in [0.29, 0.717) is 41.9 Å². The number of nitrogens with zero attached hydrogens (tertiary/aromatic N) is 1. The molecule has 33 heavy (non-hydrogen) atoms. The van der Waals surface area contributed by atoms with Gasteiger partial charge in [-0.2, -0.15) is 0 Å². The number of Topliss-reactive ketones (excluding diaryl/α,β-unsaturated/α-hetero) is 1. The zero-order chi connectivity index (χ0) is 22.6. The fourth-order valence-electron chi connectivity index (χ4n) is 3.81. The molecule has 1 saturated carbocycles. The number of ketones is 1. The van der Waals surface area contributed by atoms with Crippen molar-refractivity contribution in [2.45, 2.75) is 32.3 Å². The van der Waals surface area contributed by atoms with Crippen molar-refractivity contribution in [3.63, 3.8) is 0 Å². The van der Waals surface area contributed by atoms with Crippen LogP contribution in [0.3, 0.4) is 0 Å². The van der Waals surface area contributed by atoms with Crippen LogP contribution in [0.2, 0.25) is 5.02 Å². The number of hydrogen-bond donors (Lipinski definition) is 0. The molecule has 4 aromatic rings. The van der Waals surface area contributed by atoms with Gasteiger partial charge >= 0.3 is 0 Å². The van der Waals surface area contributed by atoms with Crippen LogP contribution in [0.4, 0.5) is 0 Å². The predicted molar refractivity (Wildman–Crippen MR) is 130 cm³/mol. The standard InChI is InChI=1S/C28H24ClNO3/c29-26-16-24(9-8-21(26)15-22(31)14-19-6-7-19)33-28-12-13-30-27-17-23(10-11-25(27)28)32-18-20-4-2-1-3-5-20/h1-5,8-13,16-17,19H,6-7,14-15,18H2. The minimum atomic E-state index is 0.249. The molecule has 1 heterocycles. The summed E-state index contributed by atoms with van der Waals surface area (Å²) in [5.74, 6) is 2.89. The third-order valence-electron chi connectivity index (χ3n) is 5.78. The molecule has 0 radical (unpaired) electrons. The van der Waals surface area contributed by atoms with E-state index in [0.717, 1.165) is 27.8 Å². The van der Waals surface area contributed by atoms with E-state index in [1.165, 1.54) is 12.8 Å². The highest BCUT2D eigenvalue weighted by Crippen LogP contribution is 2.35. The van der Waals surface area contributed by atoms with Crippen molar-refractivity contribution in [1.82, 2.24) is 4.98 Å². The van der Waals surface area contributed by atoms with Crippen molar-refractivity contribution < 1.29 is 14.3 Å². The van der Waals surface area contributed by atoms with E-state index < -0.39 is 0 Å². The SMILES string of the molecule is O=C(Cc1ccc(Oc2ccnc3cc(OCc4ccccc4)ccc23)cc1Cl)CC1CC1. The van der Waals surface area contributed by atoms with Crippen molar-refractivity contribution in [3.05, 3.63) is 95.1 Å². The Hall–Kier alpha value is -3.37. The van der Waals surface area contributed by atoms with Gasteiger partial charge in [0.2, 0.25) is 0 Å². The van der Waals surface area contributed by atoms with Gasteiger partial charge in [0, 0.05) is 35.5 Å². The van der Waals surface area contributed by atoms with Gasteiger partial charge in [0.15, 0.2) is 0 Å². The molecule has 0 amide bonds. The summed E-state index contributed by atoms with van der Waals surface area (Å²) in [6, 6.07) is 23.1. The van der Waals surface area contributed by atoms with E-state index in [-0.39, 0.29) is 5.78 Å². The number of pyridine rings is 1. The van der Waals surface area contributed by atoms with Crippen molar-refractivity contribution in [1.29, 1.82) is 0 Å². The third kappa shape index (κ3) is 5.52. The lowest BCUT2D eigenvalue weighted by atomic mass is 10.0. The Bertz CT molecular complexity index is 1290. The third-order valence-corrected chi connectivity index (χ3v) is 6.13. The quantitative estimate of drug-likeness (QED) is 0.267. The molecule has 0 saturated heterocycles. The number of benzene rings is 3. The fourth-order valence-corrected chi connectivity index (χ4v) is 4.05. The number of carbonyl (C=O) groups is 1. The van der Waals surface area contributed by atoms with E-state index in [2.05, 4.69) is 4.98 Å². The van der Waals surface area contributed by atoms with Gasteiger partial charge in [-0.05, 0) is 60.2 Å². The molecule has 0 N–H and O–H groups in total. The number of rotatable bonds is 9. The van der Waals surface area contributed by atoms with Crippen molar-refractivity contribution in [3.8, 4) is 17.2 Å². The first kappa shape index (κ1) is 21.5. The van der Waals surface area contributed by atoms with E-state index in [4.69, 9.17) is 21.1 Å². The van der Waals surface area contributed by atoms with Gasteiger partial charge in [-0.25, -0.2) is 0 Å². The van der Waals surface area contributed by atoms with Gasteiger partial charge in [-0.1, -0.05) is 48.0 Å². The topological polar surface area (TPSA) is 48.4 Å². The normalized spacial score (nSPS) is 13.1. The lowest BCUT2D eigenvalue weighted by Crippen LogP contribution is -2.04. The van der Waals surface area contributed by atoms with Crippen LogP contribution in [-0.2, 0) is 17.8 Å². The number of carbonyl (C=O) groups excluding carboxylic acids is 1. The summed E-state index contributed by atoms with van der Waals surface area (Å²) in [6.07, 6.45) is 5.10. The van der Waals surface area contributed by atoms with Crippen LogP contribution in [-0.4, -0.2) is 10.8 Å². The molecule has 0 atom stereocenters. The van der Waals surface area contributed by atoms with Crippen LogP contribution in [0.15, 0.2) is 79.0 Å². The van der Waals surface area contributed by atoms with Crippen LogP contribution < -0.4 is 9.47 Å². The van der Waals surface area contributed by atoms with Crippen LogP contribution in [0.25, 0.3) is 10.9 Å². The van der Waals surface area contributed by atoms with Crippen molar-refractivity contribution >= 4 is 28.3 Å². The van der Waals surface area contributed by atoms with E-state index in [1.54, 1.807) is 12.3 Å². The van der Waals surface area contributed by atoms with E-state index in [1.807, 2.05) is 66.7 Å². The summed E-state index contributed by atoms with van der Waals surface area (Å²) in [4.78, 5) is 16.7. The molecular weight excluding hydrogens is 434 g/mol. The van der Waals surface area contributed by atoms with Gasteiger partial charge < -0.3 is 9.47 Å². The minimum absolute atomic E-state index is 0.249. The highest BCUT2D eigenvalue weighted by molar-refractivity contribution is 6.31. The number of ether oxygens (including phenoxy) is 2. The summed E-state index contributed by atoms with van der Waals surface area (Å²) in [7, 11) is 0. The lowest BCUT2D eigenvalue weighted by molar-refractivity contribution is -0.118. The predicted octanol–water partition coefficient (Wildman–Crippen LogP) is 7.17. The molecule has 1 aliphatic carbocycles. The average Bonchev–Trinajstić information content (AvgIpc) is 3.64. The second-order valence-corrected chi connectivity index (χ2v) is 8.89.